The first-order valence-corrected chi connectivity index (χ1v) is 10.9. The number of hydrogen-bond acceptors (Lipinski definition) is 4. The van der Waals surface area contributed by atoms with Gasteiger partial charge in [-0.2, -0.15) is 13.2 Å². The Bertz CT molecular complexity index is 1050. The van der Waals surface area contributed by atoms with E-state index in [1.54, 1.807) is 0 Å². The summed E-state index contributed by atoms with van der Waals surface area (Å²) in [5, 5.41) is 2.08. The minimum atomic E-state index is -4.91. The van der Waals surface area contributed by atoms with Gasteiger partial charge in [-0.3, -0.25) is 4.79 Å². The van der Waals surface area contributed by atoms with E-state index >= 15 is 0 Å². The van der Waals surface area contributed by atoms with Gasteiger partial charge in [-0.05, 0) is 42.8 Å². The molecule has 0 fully saturated rings. The number of halogens is 5. The van der Waals surface area contributed by atoms with Crippen LogP contribution in [0, 0.1) is 5.82 Å². The van der Waals surface area contributed by atoms with Crippen LogP contribution < -0.4 is 14.8 Å². The Morgan fingerprint density at radius 3 is 2.48 bits per heavy atom. The molecule has 6 nitrogen and oxygen atoms in total. The van der Waals surface area contributed by atoms with Crippen LogP contribution >= 0.6 is 11.6 Å². The van der Waals surface area contributed by atoms with Crippen molar-refractivity contribution in [2.24, 2.45) is 0 Å². The molecule has 0 heterocycles. The molecule has 0 saturated carbocycles. The zero-order valence-corrected chi connectivity index (χ0v) is 17.8. The average molecular weight is 483 g/mol. The predicted octanol–water partition coefficient (Wildman–Crippen LogP) is 4.59. The highest BCUT2D eigenvalue weighted by Gasteiger charge is 2.34. The van der Waals surface area contributed by atoms with Gasteiger partial charge in [0.1, 0.15) is 11.6 Å². The van der Waals surface area contributed by atoms with Gasteiger partial charge in [-0.15, -0.1) is 0 Å². The smallest absolute Gasteiger partial charge is 0.419 e. The summed E-state index contributed by atoms with van der Waals surface area (Å²) >= 11 is 6.01. The zero-order valence-electron chi connectivity index (χ0n) is 16.2. The largest absolute Gasteiger partial charge is 0.482 e. The van der Waals surface area contributed by atoms with Crippen molar-refractivity contribution in [1.82, 2.24) is 4.72 Å². The fourth-order valence-electron chi connectivity index (χ4n) is 2.39. The van der Waals surface area contributed by atoms with Gasteiger partial charge in [0.15, 0.2) is 6.61 Å². The summed E-state index contributed by atoms with van der Waals surface area (Å²) in [6, 6.07) is 5.67. The third-order valence-electron chi connectivity index (χ3n) is 3.95. The molecule has 2 aromatic rings. The van der Waals surface area contributed by atoms with Crippen molar-refractivity contribution in [1.29, 1.82) is 0 Å². The van der Waals surface area contributed by atoms with E-state index in [1.165, 1.54) is 12.1 Å². The number of rotatable bonds is 9. The summed E-state index contributed by atoms with van der Waals surface area (Å²) in [4.78, 5) is 11.9. The molecular formula is C19H19ClF4N2O4S. The quantitative estimate of drug-likeness (QED) is 0.404. The Labute approximate surface area is 181 Å². The minimum absolute atomic E-state index is 0.000545. The fourth-order valence-corrected chi connectivity index (χ4v) is 3.79. The average Bonchev–Trinajstić information content (AvgIpc) is 2.67. The lowest BCUT2D eigenvalue weighted by Crippen LogP contribution is -2.24. The molecule has 2 rings (SSSR count). The fraction of sp³-hybridized carbons (Fsp3) is 0.316. The number of anilines is 1. The first kappa shape index (κ1) is 24.9. The van der Waals surface area contributed by atoms with Crippen molar-refractivity contribution >= 4 is 33.2 Å². The minimum Gasteiger partial charge on any atom is -0.482 e. The van der Waals surface area contributed by atoms with Crippen LogP contribution in [0.5, 0.6) is 5.75 Å². The van der Waals surface area contributed by atoms with Crippen molar-refractivity contribution in [3.63, 3.8) is 0 Å². The maximum absolute atomic E-state index is 13.3. The lowest BCUT2D eigenvalue weighted by molar-refractivity contribution is -0.140. The summed E-state index contributed by atoms with van der Waals surface area (Å²) < 4.78 is 83.5. The molecule has 0 unspecified atom stereocenters. The van der Waals surface area contributed by atoms with Crippen LogP contribution in [0.15, 0.2) is 41.3 Å². The second kappa shape index (κ2) is 10.3. The number of ether oxygens (including phenoxy) is 1. The number of alkyl halides is 3. The predicted molar refractivity (Wildman–Crippen MR) is 107 cm³/mol. The van der Waals surface area contributed by atoms with Crippen LogP contribution in [0.3, 0.4) is 0 Å². The molecule has 0 radical (unpaired) electrons. The van der Waals surface area contributed by atoms with Crippen molar-refractivity contribution in [2.45, 2.75) is 30.8 Å². The van der Waals surface area contributed by atoms with Gasteiger partial charge in [0.2, 0.25) is 10.0 Å². The monoisotopic (exact) mass is 482 g/mol. The van der Waals surface area contributed by atoms with Crippen LogP contribution in [0.2, 0.25) is 5.02 Å². The molecule has 0 atom stereocenters. The SMILES string of the molecule is CCCCNS(=O)(=O)c1ccc(OCC(=O)Nc2ccc(F)c(C(F)(F)F)c2)c(Cl)c1. The molecule has 31 heavy (non-hydrogen) atoms. The summed E-state index contributed by atoms with van der Waals surface area (Å²) in [5.41, 5.74) is -1.79. The van der Waals surface area contributed by atoms with Crippen LogP contribution in [-0.2, 0) is 21.0 Å². The van der Waals surface area contributed by atoms with E-state index in [0.29, 0.717) is 18.6 Å². The molecule has 12 heteroatoms. The Morgan fingerprint density at radius 1 is 1.16 bits per heavy atom. The Hall–Kier alpha value is -2.37. The van der Waals surface area contributed by atoms with E-state index < -0.39 is 40.1 Å². The number of carbonyl (C=O) groups is 1. The van der Waals surface area contributed by atoms with Crippen molar-refractivity contribution in [3.05, 3.63) is 52.8 Å². The van der Waals surface area contributed by atoms with Crippen molar-refractivity contribution in [3.8, 4) is 5.75 Å². The topological polar surface area (TPSA) is 84.5 Å². The molecule has 0 aliphatic heterocycles. The van der Waals surface area contributed by atoms with Crippen LogP contribution in [0.25, 0.3) is 0 Å². The number of hydrogen-bond donors (Lipinski definition) is 2. The first-order valence-electron chi connectivity index (χ1n) is 9.02. The molecule has 1 amide bonds. The Kier molecular flexibility index (Phi) is 8.27. The molecule has 0 spiro atoms. The summed E-state index contributed by atoms with van der Waals surface area (Å²) in [5.74, 6) is -2.29. The Balaban J connectivity index is 2.01. The summed E-state index contributed by atoms with van der Waals surface area (Å²) in [6.07, 6.45) is -3.43. The van der Waals surface area contributed by atoms with E-state index in [4.69, 9.17) is 16.3 Å². The summed E-state index contributed by atoms with van der Waals surface area (Å²) in [6.45, 7) is 1.56. The van der Waals surface area contributed by atoms with Crippen LogP contribution in [-0.4, -0.2) is 27.5 Å². The molecule has 0 saturated heterocycles. The molecule has 0 aliphatic rings. The lowest BCUT2D eigenvalue weighted by atomic mass is 10.2. The van der Waals surface area contributed by atoms with Crippen LogP contribution in [0.4, 0.5) is 23.2 Å². The van der Waals surface area contributed by atoms with E-state index in [2.05, 4.69) is 10.0 Å². The maximum Gasteiger partial charge on any atom is 0.419 e. The highest BCUT2D eigenvalue weighted by atomic mass is 35.5. The normalized spacial score (nSPS) is 11.9. The van der Waals surface area contributed by atoms with Gasteiger partial charge in [0.05, 0.1) is 15.5 Å². The third kappa shape index (κ3) is 7.08. The second-order valence-electron chi connectivity index (χ2n) is 6.37. The molecule has 0 bridgehead atoms. The maximum atomic E-state index is 13.3. The van der Waals surface area contributed by atoms with Crippen LogP contribution in [0.1, 0.15) is 25.3 Å². The van der Waals surface area contributed by atoms with Crippen molar-refractivity contribution < 1.29 is 35.5 Å². The van der Waals surface area contributed by atoms with Gasteiger partial charge in [0.25, 0.3) is 5.91 Å². The Morgan fingerprint density at radius 2 is 1.87 bits per heavy atom. The highest BCUT2D eigenvalue weighted by molar-refractivity contribution is 7.89. The zero-order chi connectivity index (χ0) is 23.2. The van der Waals surface area contributed by atoms with E-state index in [0.717, 1.165) is 18.6 Å². The second-order valence-corrected chi connectivity index (χ2v) is 8.55. The standard InChI is InChI=1S/C19H19ClF4N2O4S/c1-2-3-8-25-31(28,29)13-5-7-17(15(20)10-13)30-11-18(27)26-12-4-6-16(21)14(9-12)19(22,23)24/h4-7,9-10,25H,2-3,8,11H2,1H3,(H,26,27). The molecule has 170 valence electrons. The lowest BCUT2D eigenvalue weighted by Gasteiger charge is -2.12. The van der Waals surface area contributed by atoms with Crippen molar-refractivity contribution in [2.75, 3.05) is 18.5 Å². The molecular weight excluding hydrogens is 464 g/mol. The molecule has 2 aromatic carbocycles. The third-order valence-corrected chi connectivity index (χ3v) is 5.70. The molecule has 2 N–H and O–H groups in total. The van der Waals surface area contributed by atoms with Gasteiger partial charge in [-0.25, -0.2) is 17.5 Å². The first-order chi connectivity index (χ1) is 14.4. The van der Waals surface area contributed by atoms with Gasteiger partial charge < -0.3 is 10.1 Å². The number of sulfonamides is 1. The molecule has 0 aromatic heterocycles. The number of benzene rings is 2. The van der Waals surface area contributed by atoms with Gasteiger partial charge >= 0.3 is 6.18 Å². The molecule has 0 aliphatic carbocycles. The highest BCUT2D eigenvalue weighted by Crippen LogP contribution is 2.33. The van der Waals surface area contributed by atoms with Gasteiger partial charge in [0, 0.05) is 12.2 Å². The summed E-state index contributed by atoms with van der Waals surface area (Å²) in [7, 11) is -3.76. The number of nitrogens with one attached hydrogen (secondary N) is 2. The number of amides is 1. The number of carbonyl (C=O) groups excluding carboxylic acids is 1. The number of unbranched alkanes of at least 4 members (excludes halogenated alkanes) is 1. The van der Waals surface area contributed by atoms with E-state index in [1.807, 2.05) is 6.92 Å². The van der Waals surface area contributed by atoms with Gasteiger partial charge in [-0.1, -0.05) is 24.9 Å². The van der Waals surface area contributed by atoms with E-state index in [9.17, 15) is 30.8 Å². The van der Waals surface area contributed by atoms with E-state index in [-0.39, 0.29) is 27.9 Å².